The highest BCUT2D eigenvalue weighted by Crippen LogP contribution is 2.34. The van der Waals surface area contributed by atoms with Crippen molar-refractivity contribution in [1.82, 2.24) is 5.32 Å². The van der Waals surface area contributed by atoms with E-state index in [4.69, 9.17) is 0 Å². The number of thioether (sulfide) groups is 1. The SMILES string of the molecule is Cc1c(C(C)NCC2CCSC2)sc2ccccc12. The van der Waals surface area contributed by atoms with E-state index in [0.29, 0.717) is 6.04 Å². The molecule has 1 N–H and O–H groups in total. The van der Waals surface area contributed by atoms with E-state index >= 15 is 0 Å². The van der Waals surface area contributed by atoms with Crippen molar-refractivity contribution in [3.05, 3.63) is 34.7 Å². The first-order chi connectivity index (χ1) is 9.25. The second kappa shape index (κ2) is 5.86. The highest BCUT2D eigenvalue weighted by atomic mass is 32.2. The quantitative estimate of drug-likeness (QED) is 0.882. The summed E-state index contributed by atoms with van der Waals surface area (Å²) in [4.78, 5) is 1.51. The smallest absolute Gasteiger partial charge is 0.0389 e. The normalized spacial score (nSPS) is 21.1. The first kappa shape index (κ1) is 13.5. The van der Waals surface area contributed by atoms with Gasteiger partial charge in [-0.25, -0.2) is 0 Å². The highest BCUT2D eigenvalue weighted by Gasteiger charge is 2.18. The minimum atomic E-state index is 0.475. The summed E-state index contributed by atoms with van der Waals surface area (Å²) >= 11 is 4.05. The summed E-state index contributed by atoms with van der Waals surface area (Å²) in [5.74, 6) is 3.57. The van der Waals surface area contributed by atoms with Crippen LogP contribution in [0.2, 0.25) is 0 Å². The maximum Gasteiger partial charge on any atom is 0.0389 e. The van der Waals surface area contributed by atoms with Crippen LogP contribution in [0.15, 0.2) is 24.3 Å². The fraction of sp³-hybridized carbons (Fsp3) is 0.500. The summed E-state index contributed by atoms with van der Waals surface area (Å²) in [5, 5.41) is 5.16. The summed E-state index contributed by atoms with van der Waals surface area (Å²) in [6.45, 7) is 5.74. The Bertz CT molecular complexity index is 555. The number of hydrogen-bond acceptors (Lipinski definition) is 3. The van der Waals surface area contributed by atoms with Gasteiger partial charge >= 0.3 is 0 Å². The minimum absolute atomic E-state index is 0.475. The molecule has 1 fully saturated rings. The number of fused-ring (bicyclic) bond motifs is 1. The van der Waals surface area contributed by atoms with Gasteiger partial charge in [-0.05, 0) is 61.3 Å². The van der Waals surface area contributed by atoms with E-state index in [2.05, 4.69) is 55.2 Å². The number of benzene rings is 1. The molecular weight excluding hydrogens is 270 g/mol. The second-order valence-electron chi connectivity index (χ2n) is 5.45. The van der Waals surface area contributed by atoms with Crippen LogP contribution < -0.4 is 5.32 Å². The fourth-order valence-electron chi connectivity index (χ4n) is 2.79. The Kier molecular flexibility index (Phi) is 4.15. The van der Waals surface area contributed by atoms with Crippen molar-refractivity contribution in [2.24, 2.45) is 5.92 Å². The van der Waals surface area contributed by atoms with Crippen molar-refractivity contribution < 1.29 is 0 Å². The topological polar surface area (TPSA) is 12.0 Å². The molecule has 1 aliphatic heterocycles. The lowest BCUT2D eigenvalue weighted by atomic mass is 10.1. The van der Waals surface area contributed by atoms with Gasteiger partial charge in [0.15, 0.2) is 0 Å². The fourth-order valence-corrected chi connectivity index (χ4v) is 5.31. The largest absolute Gasteiger partial charge is 0.309 e. The predicted molar refractivity (Wildman–Crippen MR) is 88.4 cm³/mol. The Morgan fingerprint density at radius 2 is 2.21 bits per heavy atom. The lowest BCUT2D eigenvalue weighted by molar-refractivity contribution is 0.480. The van der Waals surface area contributed by atoms with E-state index < -0.39 is 0 Å². The van der Waals surface area contributed by atoms with Crippen molar-refractivity contribution in [3.63, 3.8) is 0 Å². The molecule has 2 unspecified atom stereocenters. The minimum Gasteiger partial charge on any atom is -0.309 e. The van der Waals surface area contributed by atoms with Gasteiger partial charge in [0.1, 0.15) is 0 Å². The Labute approximate surface area is 123 Å². The monoisotopic (exact) mass is 291 g/mol. The molecule has 19 heavy (non-hydrogen) atoms. The van der Waals surface area contributed by atoms with Crippen molar-refractivity contribution in [1.29, 1.82) is 0 Å². The molecule has 0 saturated carbocycles. The van der Waals surface area contributed by atoms with Crippen LogP contribution in [0.1, 0.15) is 29.8 Å². The van der Waals surface area contributed by atoms with Crippen molar-refractivity contribution in [2.75, 3.05) is 18.1 Å². The molecule has 2 aromatic rings. The van der Waals surface area contributed by atoms with Crippen LogP contribution in [0.3, 0.4) is 0 Å². The van der Waals surface area contributed by atoms with Crippen LogP contribution in [0, 0.1) is 12.8 Å². The predicted octanol–water partition coefficient (Wildman–Crippen LogP) is 4.61. The zero-order valence-electron chi connectivity index (χ0n) is 11.6. The number of nitrogens with one attached hydrogen (secondary N) is 1. The highest BCUT2D eigenvalue weighted by molar-refractivity contribution is 7.99. The van der Waals surface area contributed by atoms with Crippen molar-refractivity contribution in [2.45, 2.75) is 26.3 Å². The van der Waals surface area contributed by atoms with Gasteiger partial charge in [-0.2, -0.15) is 11.8 Å². The summed E-state index contributed by atoms with van der Waals surface area (Å²) < 4.78 is 1.42. The van der Waals surface area contributed by atoms with Crippen LogP contribution in [0.4, 0.5) is 0 Å². The Morgan fingerprint density at radius 1 is 1.37 bits per heavy atom. The molecule has 3 rings (SSSR count). The van der Waals surface area contributed by atoms with Gasteiger partial charge in [0.25, 0.3) is 0 Å². The number of rotatable bonds is 4. The Balaban J connectivity index is 1.73. The van der Waals surface area contributed by atoms with Crippen molar-refractivity contribution >= 4 is 33.2 Å². The molecule has 2 atom stereocenters. The van der Waals surface area contributed by atoms with Gasteiger partial charge in [-0.15, -0.1) is 11.3 Å². The van der Waals surface area contributed by atoms with Crippen LogP contribution in [-0.2, 0) is 0 Å². The Morgan fingerprint density at radius 3 is 2.95 bits per heavy atom. The lowest BCUT2D eigenvalue weighted by Gasteiger charge is -2.16. The molecule has 0 amide bonds. The number of thiophene rings is 1. The van der Waals surface area contributed by atoms with Gasteiger partial charge in [0, 0.05) is 15.6 Å². The molecule has 1 aliphatic rings. The molecule has 1 nitrogen and oxygen atoms in total. The molecular formula is C16H21NS2. The van der Waals surface area contributed by atoms with Crippen LogP contribution in [-0.4, -0.2) is 18.1 Å². The average molecular weight is 291 g/mol. The molecule has 0 spiro atoms. The molecule has 1 saturated heterocycles. The lowest BCUT2D eigenvalue weighted by Crippen LogP contribution is -2.25. The van der Waals surface area contributed by atoms with E-state index in [1.165, 1.54) is 45.0 Å². The first-order valence-electron chi connectivity index (χ1n) is 7.05. The average Bonchev–Trinajstić information content (AvgIpc) is 3.05. The third kappa shape index (κ3) is 2.83. The van der Waals surface area contributed by atoms with E-state index in [9.17, 15) is 0 Å². The molecule has 2 heterocycles. The number of hydrogen-bond donors (Lipinski definition) is 1. The maximum absolute atomic E-state index is 3.74. The van der Waals surface area contributed by atoms with Gasteiger partial charge in [-0.3, -0.25) is 0 Å². The molecule has 1 aromatic heterocycles. The molecule has 0 radical (unpaired) electrons. The summed E-state index contributed by atoms with van der Waals surface area (Å²) in [6.07, 6.45) is 1.38. The second-order valence-corrected chi connectivity index (χ2v) is 7.68. The van der Waals surface area contributed by atoms with E-state index in [1.807, 2.05) is 11.3 Å². The Hall–Kier alpha value is -0.510. The maximum atomic E-state index is 3.74. The standard InChI is InChI=1S/C16H21NS2/c1-11-14-5-3-4-6-15(14)19-16(11)12(2)17-9-13-7-8-18-10-13/h3-6,12-13,17H,7-10H2,1-2H3. The molecule has 3 heteroatoms. The first-order valence-corrected chi connectivity index (χ1v) is 9.02. The zero-order valence-corrected chi connectivity index (χ0v) is 13.2. The summed E-state index contributed by atoms with van der Waals surface area (Å²) in [7, 11) is 0. The van der Waals surface area contributed by atoms with Gasteiger partial charge < -0.3 is 5.32 Å². The van der Waals surface area contributed by atoms with E-state index in [1.54, 1.807) is 0 Å². The van der Waals surface area contributed by atoms with Crippen molar-refractivity contribution in [3.8, 4) is 0 Å². The third-order valence-corrected chi connectivity index (χ3v) is 6.70. The zero-order chi connectivity index (χ0) is 13.2. The van der Waals surface area contributed by atoms with Gasteiger partial charge in [0.05, 0.1) is 0 Å². The van der Waals surface area contributed by atoms with Crippen LogP contribution in [0.25, 0.3) is 10.1 Å². The molecule has 0 bridgehead atoms. The molecule has 1 aromatic carbocycles. The van der Waals surface area contributed by atoms with Gasteiger partial charge in [0.2, 0.25) is 0 Å². The van der Waals surface area contributed by atoms with Crippen LogP contribution in [0.5, 0.6) is 0 Å². The van der Waals surface area contributed by atoms with E-state index in [0.717, 1.165) is 5.92 Å². The number of aryl methyl sites for hydroxylation is 1. The molecule has 0 aliphatic carbocycles. The summed E-state index contributed by atoms with van der Waals surface area (Å²) in [6, 6.07) is 9.22. The van der Waals surface area contributed by atoms with E-state index in [-0.39, 0.29) is 0 Å². The molecule has 102 valence electrons. The summed E-state index contributed by atoms with van der Waals surface area (Å²) in [5.41, 5.74) is 1.46. The van der Waals surface area contributed by atoms with Gasteiger partial charge in [-0.1, -0.05) is 18.2 Å². The third-order valence-electron chi connectivity index (χ3n) is 4.01. The van der Waals surface area contributed by atoms with Crippen LogP contribution >= 0.6 is 23.1 Å².